The first kappa shape index (κ1) is 17.3. The second-order valence-electron chi connectivity index (χ2n) is 5.98. The van der Waals surface area contributed by atoms with Gasteiger partial charge in [-0.2, -0.15) is 0 Å². The minimum atomic E-state index is -0.133. The van der Waals surface area contributed by atoms with Crippen LogP contribution < -0.4 is 5.32 Å². The monoisotopic (exact) mass is 359 g/mol. The molecule has 1 fully saturated rings. The average Bonchev–Trinajstić information content (AvgIpc) is 3.10. The van der Waals surface area contributed by atoms with E-state index in [1.807, 2.05) is 38.1 Å². The standard InChI is InChI=1S/C17H21N5O2S/c1-3-14-15(25-20-19-14)16(23)21-7-9-22(10-8-21)17(24)18-13-6-4-5-12(2)11-13/h4-6,11H,3,7-10H2,1-2H3,(H,18,24). The van der Waals surface area contributed by atoms with Gasteiger partial charge in [0.15, 0.2) is 0 Å². The first-order valence-corrected chi connectivity index (χ1v) is 9.09. The molecule has 3 amide bonds. The minimum Gasteiger partial charge on any atom is -0.334 e. The zero-order valence-corrected chi connectivity index (χ0v) is 15.2. The van der Waals surface area contributed by atoms with E-state index in [9.17, 15) is 9.59 Å². The second-order valence-corrected chi connectivity index (χ2v) is 6.74. The van der Waals surface area contributed by atoms with Gasteiger partial charge in [0.25, 0.3) is 5.91 Å². The van der Waals surface area contributed by atoms with Crippen molar-refractivity contribution in [3.05, 3.63) is 40.4 Å². The molecule has 3 rings (SSSR count). The number of nitrogens with zero attached hydrogens (tertiary/aromatic N) is 4. The number of benzene rings is 1. The van der Waals surface area contributed by atoms with E-state index < -0.39 is 0 Å². The van der Waals surface area contributed by atoms with Gasteiger partial charge in [-0.3, -0.25) is 4.79 Å². The number of nitrogens with one attached hydrogen (secondary N) is 1. The zero-order valence-electron chi connectivity index (χ0n) is 14.4. The van der Waals surface area contributed by atoms with Crippen LogP contribution in [0, 0.1) is 6.92 Å². The maximum Gasteiger partial charge on any atom is 0.321 e. The summed E-state index contributed by atoms with van der Waals surface area (Å²) in [4.78, 5) is 29.1. The van der Waals surface area contributed by atoms with Crippen molar-refractivity contribution in [1.82, 2.24) is 19.4 Å². The third-order valence-electron chi connectivity index (χ3n) is 4.21. The number of rotatable bonds is 3. The smallest absolute Gasteiger partial charge is 0.321 e. The summed E-state index contributed by atoms with van der Waals surface area (Å²) < 4.78 is 3.88. The van der Waals surface area contributed by atoms with Crippen molar-refractivity contribution < 1.29 is 9.59 Å². The van der Waals surface area contributed by atoms with Gasteiger partial charge in [-0.1, -0.05) is 23.5 Å². The molecule has 1 aliphatic heterocycles. The van der Waals surface area contributed by atoms with Crippen LogP contribution in [-0.2, 0) is 6.42 Å². The maximum absolute atomic E-state index is 12.6. The molecule has 0 saturated carbocycles. The highest BCUT2D eigenvalue weighted by molar-refractivity contribution is 7.08. The highest BCUT2D eigenvalue weighted by Gasteiger charge is 2.27. The Bertz CT molecular complexity index is 768. The van der Waals surface area contributed by atoms with E-state index in [0.29, 0.717) is 37.5 Å². The number of urea groups is 1. The number of amides is 3. The lowest BCUT2D eigenvalue weighted by molar-refractivity contribution is 0.0675. The predicted molar refractivity (Wildman–Crippen MR) is 97.0 cm³/mol. The van der Waals surface area contributed by atoms with Crippen LogP contribution >= 0.6 is 11.5 Å². The van der Waals surface area contributed by atoms with Crippen LogP contribution in [-0.4, -0.2) is 57.5 Å². The van der Waals surface area contributed by atoms with Crippen LogP contribution in [0.3, 0.4) is 0 Å². The lowest BCUT2D eigenvalue weighted by atomic mass is 10.2. The Hall–Kier alpha value is -2.48. The first-order chi connectivity index (χ1) is 12.1. The van der Waals surface area contributed by atoms with Gasteiger partial charge in [0.2, 0.25) is 0 Å². The van der Waals surface area contributed by atoms with E-state index in [2.05, 4.69) is 14.9 Å². The van der Waals surface area contributed by atoms with Crippen LogP contribution in [0.25, 0.3) is 0 Å². The summed E-state index contributed by atoms with van der Waals surface area (Å²) in [5.41, 5.74) is 2.62. The maximum atomic E-state index is 12.6. The molecule has 1 aromatic heterocycles. The molecule has 2 aromatic rings. The average molecular weight is 359 g/mol. The summed E-state index contributed by atoms with van der Waals surface area (Å²) in [5.74, 6) is -0.0365. The molecule has 0 spiro atoms. The minimum absolute atomic E-state index is 0.0365. The molecule has 1 saturated heterocycles. The summed E-state index contributed by atoms with van der Waals surface area (Å²) in [6.45, 7) is 6.00. The van der Waals surface area contributed by atoms with E-state index in [0.717, 1.165) is 28.5 Å². The largest absolute Gasteiger partial charge is 0.334 e. The molecule has 0 bridgehead atoms. The van der Waals surface area contributed by atoms with Crippen molar-refractivity contribution in [2.75, 3.05) is 31.5 Å². The van der Waals surface area contributed by atoms with E-state index in [-0.39, 0.29) is 11.9 Å². The number of anilines is 1. The number of carbonyl (C=O) groups excluding carboxylic acids is 2. The summed E-state index contributed by atoms with van der Waals surface area (Å²) >= 11 is 1.14. The lowest BCUT2D eigenvalue weighted by Crippen LogP contribution is -2.51. The number of carbonyl (C=O) groups is 2. The summed E-state index contributed by atoms with van der Waals surface area (Å²) in [5, 5.41) is 6.90. The Labute approximate surface area is 150 Å². The van der Waals surface area contributed by atoms with Gasteiger partial charge in [-0.25, -0.2) is 4.79 Å². The number of hydrogen-bond acceptors (Lipinski definition) is 5. The number of piperazine rings is 1. The molecule has 1 aromatic carbocycles. The van der Waals surface area contributed by atoms with Crippen molar-refractivity contribution in [2.24, 2.45) is 0 Å². The molecule has 7 nitrogen and oxygen atoms in total. The van der Waals surface area contributed by atoms with Gasteiger partial charge in [-0.05, 0) is 42.6 Å². The number of hydrogen-bond donors (Lipinski definition) is 1. The van der Waals surface area contributed by atoms with E-state index in [1.54, 1.807) is 9.80 Å². The summed E-state index contributed by atoms with van der Waals surface area (Å²) in [7, 11) is 0. The van der Waals surface area contributed by atoms with Crippen LogP contribution in [0.1, 0.15) is 27.9 Å². The number of aromatic nitrogens is 2. The Balaban J connectivity index is 1.56. The summed E-state index contributed by atoms with van der Waals surface area (Å²) in [6.07, 6.45) is 0.691. The topological polar surface area (TPSA) is 78.4 Å². The van der Waals surface area contributed by atoms with Gasteiger partial charge in [0.1, 0.15) is 4.88 Å². The molecular formula is C17H21N5O2S. The second kappa shape index (κ2) is 7.60. The summed E-state index contributed by atoms with van der Waals surface area (Å²) in [6, 6.07) is 7.56. The normalized spacial score (nSPS) is 14.5. The molecule has 1 N–H and O–H groups in total. The van der Waals surface area contributed by atoms with Crippen LogP contribution in [0.4, 0.5) is 10.5 Å². The van der Waals surface area contributed by atoms with Gasteiger partial charge in [0.05, 0.1) is 5.69 Å². The van der Waals surface area contributed by atoms with E-state index in [1.165, 1.54) is 0 Å². The van der Waals surface area contributed by atoms with E-state index in [4.69, 9.17) is 0 Å². The van der Waals surface area contributed by atoms with Crippen LogP contribution in [0.15, 0.2) is 24.3 Å². The molecule has 0 aliphatic carbocycles. The molecule has 1 aliphatic rings. The van der Waals surface area contributed by atoms with Crippen molar-refractivity contribution >= 4 is 29.2 Å². The Morgan fingerprint density at radius 2 is 1.92 bits per heavy atom. The quantitative estimate of drug-likeness (QED) is 0.913. The number of aryl methyl sites for hydroxylation is 2. The Morgan fingerprint density at radius 1 is 1.20 bits per heavy atom. The first-order valence-electron chi connectivity index (χ1n) is 8.31. The predicted octanol–water partition coefficient (Wildman–Crippen LogP) is 2.40. The molecular weight excluding hydrogens is 338 g/mol. The third kappa shape index (κ3) is 3.96. The van der Waals surface area contributed by atoms with Crippen molar-refractivity contribution in [2.45, 2.75) is 20.3 Å². The molecule has 132 valence electrons. The zero-order chi connectivity index (χ0) is 17.8. The van der Waals surface area contributed by atoms with Gasteiger partial charge in [-0.15, -0.1) is 5.10 Å². The van der Waals surface area contributed by atoms with Gasteiger partial charge < -0.3 is 15.1 Å². The molecule has 0 radical (unpaired) electrons. The fourth-order valence-electron chi connectivity index (χ4n) is 2.78. The molecule has 0 atom stereocenters. The highest BCUT2D eigenvalue weighted by Crippen LogP contribution is 2.16. The SMILES string of the molecule is CCc1nnsc1C(=O)N1CCN(C(=O)Nc2cccc(C)c2)CC1. The van der Waals surface area contributed by atoms with Crippen molar-refractivity contribution in [3.8, 4) is 0 Å². The van der Waals surface area contributed by atoms with E-state index >= 15 is 0 Å². The highest BCUT2D eigenvalue weighted by atomic mass is 32.1. The Kier molecular flexibility index (Phi) is 5.28. The van der Waals surface area contributed by atoms with Crippen molar-refractivity contribution in [3.63, 3.8) is 0 Å². The molecule has 25 heavy (non-hydrogen) atoms. The fraction of sp³-hybridized carbons (Fsp3) is 0.412. The lowest BCUT2D eigenvalue weighted by Gasteiger charge is -2.34. The van der Waals surface area contributed by atoms with Crippen LogP contribution in [0.2, 0.25) is 0 Å². The Morgan fingerprint density at radius 3 is 2.60 bits per heavy atom. The fourth-order valence-corrected chi connectivity index (χ4v) is 3.50. The molecule has 0 unspecified atom stereocenters. The van der Waals surface area contributed by atoms with Crippen LogP contribution in [0.5, 0.6) is 0 Å². The molecule has 2 heterocycles. The van der Waals surface area contributed by atoms with Gasteiger partial charge in [0, 0.05) is 31.9 Å². The van der Waals surface area contributed by atoms with Crippen molar-refractivity contribution in [1.29, 1.82) is 0 Å². The molecule has 8 heteroatoms. The third-order valence-corrected chi connectivity index (χ3v) is 4.96. The van der Waals surface area contributed by atoms with Gasteiger partial charge >= 0.3 is 6.03 Å².